The zero-order valence-electron chi connectivity index (χ0n) is 18.6. The van der Waals surface area contributed by atoms with Gasteiger partial charge in [-0.3, -0.25) is 4.18 Å². The molecule has 34 heavy (non-hydrogen) atoms. The van der Waals surface area contributed by atoms with Crippen molar-refractivity contribution in [2.75, 3.05) is 24.9 Å². The summed E-state index contributed by atoms with van der Waals surface area (Å²) in [7, 11) is -1.45. The smallest absolute Gasteiger partial charge is 0.337 e. The minimum absolute atomic E-state index is 0.0656. The fourth-order valence-electron chi connectivity index (χ4n) is 3.38. The number of nitrogens with one attached hydrogen (secondary N) is 2. The molecule has 0 radical (unpaired) electrons. The highest BCUT2D eigenvalue weighted by Crippen LogP contribution is 2.31. The Bertz CT molecular complexity index is 1490. The molecule has 1 heterocycles. The van der Waals surface area contributed by atoms with Gasteiger partial charge >= 0.3 is 5.97 Å². The van der Waals surface area contributed by atoms with E-state index in [0.29, 0.717) is 33.5 Å². The van der Waals surface area contributed by atoms with Crippen molar-refractivity contribution in [2.45, 2.75) is 11.8 Å². The average molecular weight is 480 g/mol. The van der Waals surface area contributed by atoms with Gasteiger partial charge in [-0.25, -0.2) is 4.79 Å². The van der Waals surface area contributed by atoms with Crippen LogP contribution in [-0.4, -0.2) is 43.6 Å². The van der Waals surface area contributed by atoms with Crippen LogP contribution in [0.25, 0.3) is 10.8 Å². The van der Waals surface area contributed by atoms with E-state index in [1.165, 1.54) is 13.2 Å². The minimum atomic E-state index is -3.89. The van der Waals surface area contributed by atoms with E-state index >= 15 is 0 Å². The molecule has 11 heteroatoms. The van der Waals surface area contributed by atoms with Crippen LogP contribution in [0, 0.1) is 6.92 Å². The molecule has 0 bridgehead atoms. The summed E-state index contributed by atoms with van der Waals surface area (Å²) in [4.78, 5) is 24.9. The molecule has 4 rings (SSSR count). The monoisotopic (exact) mass is 479 g/mol. The largest absolute Gasteiger partial charge is 0.465 e. The summed E-state index contributed by atoms with van der Waals surface area (Å²) in [5.74, 6) is 0.516. The van der Waals surface area contributed by atoms with Crippen LogP contribution in [0.3, 0.4) is 0 Å². The molecule has 0 saturated heterocycles. The SMILES string of the molecule is COC(=O)c1cccc(Nc2nc(C)nc(Nc3cccc4c(S(=O)(=O)OC)cccc34)n2)c1. The van der Waals surface area contributed by atoms with E-state index in [1.807, 2.05) is 0 Å². The molecular weight excluding hydrogens is 458 g/mol. The van der Waals surface area contributed by atoms with Crippen LogP contribution in [-0.2, 0) is 19.0 Å². The number of aromatic nitrogens is 3. The zero-order valence-corrected chi connectivity index (χ0v) is 19.4. The Balaban J connectivity index is 1.67. The molecule has 3 aromatic carbocycles. The molecule has 1 aromatic heterocycles. The van der Waals surface area contributed by atoms with Crippen LogP contribution >= 0.6 is 0 Å². The number of carbonyl (C=O) groups excluding carboxylic acids is 1. The maximum Gasteiger partial charge on any atom is 0.337 e. The van der Waals surface area contributed by atoms with Gasteiger partial charge in [0.15, 0.2) is 0 Å². The molecule has 4 aromatic rings. The fraction of sp³-hybridized carbons (Fsp3) is 0.130. The van der Waals surface area contributed by atoms with Crippen LogP contribution in [0.15, 0.2) is 65.6 Å². The average Bonchev–Trinajstić information content (AvgIpc) is 2.83. The molecular formula is C23H21N5O5S. The van der Waals surface area contributed by atoms with Gasteiger partial charge in [-0.05, 0) is 37.3 Å². The Kier molecular flexibility index (Phi) is 6.39. The van der Waals surface area contributed by atoms with Crippen molar-refractivity contribution in [1.29, 1.82) is 0 Å². The van der Waals surface area contributed by atoms with Gasteiger partial charge in [-0.2, -0.15) is 23.4 Å². The summed E-state index contributed by atoms with van der Waals surface area (Å²) in [6, 6.07) is 16.9. The Hall–Kier alpha value is -4.09. The lowest BCUT2D eigenvalue weighted by Gasteiger charge is -2.13. The van der Waals surface area contributed by atoms with E-state index in [1.54, 1.807) is 61.5 Å². The van der Waals surface area contributed by atoms with Gasteiger partial charge in [-0.1, -0.05) is 30.3 Å². The van der Waals surface area contributed by atoms with Gasteiger partial charge in [0, 0.05) is 22.1 Å². The van der Waals surface area contributed by atoms with Crippen molar-refractivity contribution in [3.63, 3.8) is 0 Å². The molecule has 0 unspecified atom stereocenters. The van der Waals surface area contributed by atoms with Crippen molar-refractivity contribution >= 4 is 50.1 Å². The molecule has 0 aliphatic carbocycles. The number of anilines is 4. The van der Waals surface area contributed by atoms with Crippen molar-refractivity contribution in [1.82, 2.24) is 15.0 Å². The number of ether oxygens (including phenoxy) is 1. The molecule has 0 amide bonds. The first kappa shape index (κ1) is 23.1. The van der Waals surface area contributed by atoms with Gasteiger partial charge < -0.3 is 15.4 Å². The van der Waals surface area contributed by atoms with Gasteiger partial charge in [0.25, 0.3) is 10.1 Å². The lowest BCUT2D eigenvalue weighted by molar-refractivity contribution is 0.0600. The first-order valence-corrected chi connectivity index (χ1v) is 11.5. The Morgan fingerprint density at radius 2 is 1.53 bits per heavy atom. The summed E-state index contributed by atoms with van der Waals surface area (Å²) in [6.07, 6.45) is 0. The number of fused-ring (bicyclic) bond motifs is 1. The molecule has 174 valence electrons. The summed E-state index contributed by atoms with van der Waals surface area (Å²) < 4.78 is 34.1. The number of benzene rings is 3. The highest BCUT2D eigenvalue weighted by atomic mass is 32.2. The van der Waals surface area contributed by atoms with Crippen LogP contribution < -0.4 is 10.6 Å². The minimum Gasteiger partial charge on any atom is -0.465 e. The van der Waals surface area contributed by atoms with Crippen molar-refractivity contribution in [3.8, 4) is 0 Å². The lowest BCUT2D eigenvalue weighted by atomic mass is 10.1. The number of hydrogen-bond donors (Lipinski definition) is 2. The number of methoxy groups -OCH3 is 1. The molecule has 0 spiro atoms. The number of nitrogens with zero attached hydrogens (tertiary/aromatic N) is 3. The Morgan fingerprint density at radius 3 is 2.26 bits per heavy atom. The highest BCUT2D eigenvalue weighted by Gasteiger charge is 2.18. The fourth-order valence-corrected chi connectivity index (χ4v) is 4.26. The van der Waals surface area contributed by atoms with Gasteiger partial charge in [-0.15, -0.1) is 0 Å². The maximum absolute atomic E-state index is 12.3. The number of rotatable bonds is 7. The van der Waals surface area contributed by atoms with Crippen LogP contribution in [0.2, 0.25) is 0 Å². The van der Waals surface area contributed by atoms with Crippen molar-refractivity contribution < 1.29 is 22.1 Å². The van der Waals surface area contributed by atoms with Gasteiger partial charge in [0.05, 0.1) is 19.8 Å². The Labute approximate surface area is 196 Å². The second kappa shape index (κ2) is 9.41. The highest BCUT2D eigenvalue weighted by molar-refractivity contribution is 7.87. The van der Waals surface area contributed by atoms with E-state index in [9.17, 15) is 13.2 Å². The first-order valence-electron chi connectivity index (χ1n) is 10.1. The zero-order chi connectivity index (χ0) is 24.3. The number of carbonyl (C=O) groups is 1. The third kappa shape index (κ3) is 4.80. The van der Waals surface area contributed by atoms with Crippen molar-refractivity contribution in [2.24, 2.45) is 0 Å². The lowest BCUT2D eigenvalue weighted by Crippen LogP contribution is -2.07. The number of hydrogen-bond acceptors (Lipinski definition) is 10. The molecule has 10 nitrogen and oxygen atoms in total. The maximum atomic E-state index is 12.3. The summed E-state index contributed by atoms with van der Waals surface area (Å²) in [5.41, 5.74) is 1.59. The molecule has 0 atom stereocenters. The van der Waals surface area contributed by atoms with E-state index in [-0.39, 0.29) is 16.8 Å². The van der Waals surface area contributed by atoms with E-state index in [2.05, 4.69) is 29.8 Å². The van der Waals surface area contributed by atoms with E-state index in [0.717, 1.165) is 7.11 Å². The molecule has 2 N–H and O–H groups in total. The Morgan fingerprint density at radius 1 is 0.853 bits per heavy atom. The number of aryl methyl sites for hydroxylation is 1. The van der Waals surface area contributed by atoms with E-state index in [4.69, 9.17) is 4.74 Å². The number of esters is 1. The van der Waals surface area contributed by atoms with Crippen molar-refractivity contribution in [3.05, 3.63) is 72.1 Å². The third-order valence-electron chi connectivity index (χ3n) is 4.90. The summed E-state index contributed by atoms with van der Waals surface area (Å²) in [6.45, 7) is 1.72. The van der Waals surface area contributed by atoms with E-state index < -0.39 is 16.1 Å². The molecule has 0 aliphatic rings. The topological polar surface area (TPSA) is 132 Å². The molecule has 0 saturated carbocycles. The second-order valence-electron chi connectivity index (χ2n) is 7.13. The predicted octanol–water partition coefficient (Wildman–Crippen LogP) is 3.94. The van der Waals surface area contributed by atoms with Gasteiger partial charge in [0.2, 0.25) is 11.9 Å². The molecule has 0 fully saturated rings. The normalized spacial score (nSPS) is 11.3. The quantitative estimate of drug-likeness (QED) is 0.297. The summed E-state index contributed by atoms with van der Waals surface area (Å²) in [5, 5.41) is 7.35. The standard InChI is InChI=1S/C23H21N5O5S/c1-14-24-22(26-16-8-4-7-15(13-16)21(29)32-2)28-23(25-14)27-19-11-5-10-18-17(19)9-6-12-20(18)34(30,31)33-3/h4-13H,1-3H3,(H2,24,25,26,27,28). The molecule has 0 aliphatic heterocycles. The van der Waals surface area contributed by atoms with Crippen LogP contribution in [0.5, 0.6) is 0 Å². The van der Waals surface area contributed by atoms with Crippen LogP contribution in [0.1, 0.15) is 16.2 Å². The second-order valence-corrected chi connectivity index (χ2v) is 8.81. The summed E-state index contributed by atoms with van der Waals surface area (Å²) >= 11 is 0. The predicted molar refractivity (Wildman–Crippen MR) is 127 cm³/mol. The third-order valence-corrected chi connectivity index (χ3v) is 6.24. The first-order chi connectivity index (χ1) is 16.3. The van der Waals surface area contributed by atoms with Crippen LogP contribution in [0.4, 0.5) is 23.3 Å². The van der Waals surface area contributed by atoms with Gasteiger partial charge in [0.1, 0.15) is 10.7 Å².